The van der Waals surface area contributed by atoms with E-state index in [-0.39, 0.29) is 5.91 Å². The Morgan fingerprint density at radius 2 is 2.04 bits per heavy atom. The third-order valence-electron chi connectivity index (χ3n) is 4.79. The largest absolute Gasteiger partial charge is 0.379 e. The zero-order chi connectivity index (χ0) is 18.5. The van der Waals surface area contributed by atoms with Crippen molar-refractivity contribution in [1.82, 2.24) is 20.2 Å². The number of carbonyl (C=O) groups excluding carboxylic acids is 1. The van der Waals surface area contributed by atoms with Gasteiger partial charge in [-0.2, -0.15) is 0 Å². The predicted molar refractivity (Wildman–Crippen MR) is 105 cm³/mol. The number of thiophene rings is 1. The van der Waals surface area contributed by atoms with Crippen LogP contribution in [0.5, 0.6) is 0 Å². The van der Waals surface area contributed by atoms with Crippen molar-refractivity contribution in [2.45, 2.75) is 20.8 Å². The molecule has 1 aliphatic heterocycles. The average Bonchev–Trinajstić information content (AvgIpc) is 3.01. The number of carbonyl (C=O) groups is 1. The van der Waals surface area contributed by atoms with Crippen molar-refractivity contribution in [1.29, 1.82) is 0 Å². The molecule has 0 spiro atoms. The number of hydrogen-bond donors (Lipinski definition) is 1. The normalized spacial score (nSPS) is 15.3. The van der Waals surface area contributed by atoms with E-state index in [1.807, 2.05) is 6.92 Å². The minimum absolute atomic E-state index is 0.0238. The summed E-state index contributed by atoms with van der Waals surface area (Å²) in [4.78, 5) is 27.7. The first-order chi connectivity index (χ1) is 12.7. The van der Waals surface area contributed by atoms with E-state index < -0.39 is 0 Å². The van der Waals surface area contributed by atoms with Crippen molar-refractivity contribution in [3.63, 3.8) is 0 Å². The highest BCUT2D eigenvalue weighted by Gasteiger charge is 2.21. The van der Waals surface area contributed by atoms with Gasteiger partial charge in [0.2, 0.25) is 0 Å². The van der Waals surface area contributed by atoms with E-state index in [9.17, 15) is 4.79 Å². The molecule has 142 valence electrons. The van der Waals surface area contributed by atoms with Gasteiger partial charge < -0.3 is 15.0 Å². The maximum atomic E-state index is 12.7. The third kappa shape index (κ3) is 3.97. The number of anilines is 1. The van der Waals surface area contributed by atoms with Crippen LogP contribution in [0.3, 0.4) is 0 Å². The van der Waals surface area contributed by atoms with Crippen LogP contribution >= 0.6 is 11.3 Å². The quantitative estimate of drug-likeness (QED) is 0.795. The number of ether oxygens (including phenoxy) is 1. The van der Waals surface area contributed by atoms with Crippen LogP contribution in [0, 0.1) is 6.92 Å². The van der Waals surface area contributed by atoms with Gasteiger partial charge in [0.15, 0.2) is 0 Å². The molecule has 0 atom stereocenters. The van der Waals surface area contributed by atoms with Crippen molar-refractivity contribution >= 4 is 33.3 Å². The average molecular weight is 378 g/mol. The molecule has 7 nitrogen and oxygen atoms in total. The fraction of sp³-hybridized carbons (Fsp3) is 0.611. The lowest BCUT2D eigenvalue weighted by Gasteiger charge is -2.26. The van der Waals surface area contributed by atoms with Gasteiger partial charge in [0.25, 0.3) is 5.91 Å². The van der Waals surface area contributed by atoms with Crippen molar-refractivity contribution in [2.75, 3.05) is 57.4 Å². The summed E-state index contributed by atoms with van der Waals surface area (Å²) in [6.45, 7) is 12.9. The Morgan fingerprint density at radius 1 is 1.31 bits per heavy atom. The number of aryl methyl sites for hydroxylation is 1. The van der Waals surface area contributed by atoms with Gasteiger partial charge in [-0.25, -0.2) is 9.97 Å². The van der Waals surface area contributed by atoms with Gasteiger partial charge in [0.05, 0.1) is 23.5 Å². The number of amides is 1. The van der Waals surface area contributed by atoms with Gasteiger partial charge in [-0.15, -0.1) is 11.3 Å². The summed E-state index contributed by atoms with van der Waals surface area (Å²) in [7, 11) is 0. The first-order valence-corrected chi connectivity index (χ1v) is 10.0. The van der Waals surface area contributed by atoms with E-state index in [4.69, 9.17) is 4.74 Å². The molecule has 0 aromatic carbocycles. The standard InChI is InChI=1S/C18H27N5O2S/c1-4-23(5-2)16-14-13(3)15(26-18(14)21-12-20-16)17(24)19-6-7-22-8-10-25-11-9-22/h12H,4-11H2,1-3H3,(H,19,24). The number of nitrogens with zero attached hydrogens (tertiary/aromatic N) is 4. The molecule has 0 unspecified atom stereocenters. The van der Waals surface area contributed by atoms with E-state index in [2.05, 4.69) is 38.9 Å². The minimum Gasteiger partial charge on any atom is -0.379 e. The van der Waals surface area contributed by atoms with Crippen LogP contribution < -0.4 is 10.2 Å². The Bertz CT molecular complexity index is 753. The number of nitrogens with one attached hydrogen (secondary N) is 1. The highest BCUT2D eigenvalue weighted by molar-refractivity contribution is 7.20. The topological polar surface area (TPSA) is 70.6 Å². The highest BCUT2D eigenvalue weighted by atomic mass is 32.1. The number of hydrogen-bond acceptors (Lipinski definition) is 7. The van der Waals surface area contributed by atoms with Crippen molar-refractivity contribution < 1.29 is 9.53 Å². The molecule has 8 heteroatoms. The molecular weight excluding hydrogens is 350 g/mol. The predicted octanol–water partition coefficient (Wildman–Crippen LogP) is 1.91. The lowest BCUT2D eigenvalue weighted by atomic mass is 10.2. The van der Waals surface area contributed by atoms with Gasteiger partial charge in [-0.05, 0) is 26.3 Å². The van der Waals surface area contributed by atoms with Crippen molar-refractivity contribution in [2.24, 2.45) is 0 Å². The molecule has 3 rings (SSSR count). The monoisotopic (exact) mass is 377 g/mol. The summed E-state index contributed by atoms with van der Waals surface area (Å²) in [6.07, 6.45) is 1.59. The second-order valence-corrected chi connectivity index (χ2v) is 7.31. The highest BCUT2D eigenvalue weighted by Crippen LogP contribution is 2.34. The maximum absolute atomic E-state index is 12.7. The van der Waals surface area contributed by atoms with Crippen molar-refractivity contribution in [3.05, 3.63) is 16.8 Å². The van der Waals surface area contributed by atoms with Crippen LogP contribution in [0.25, 0.3) is 10.2 Å². The van der Waals surface area contributed by atoms with E-state index in [1.165, 1.54) is 11.3 Å². The molecule has 1 fully saturated rings. The zero-order valence-electron chi connectivity index (χ0n) is 15.7. The van der Waals surface area contributed by atoms with Gasteiger partial charge in [-0.3, -0.25) is 9.69 Å². The Balaban J connectivity index is 1.74. The molecular formula is C18H27N5O2S. The Hall–Kier alpha value is -1.77. The molecule has 0 bridgehead atoms. The molecule has 2 aromatic heterocycles. The molecule has 0 radical (unpaired) electrons. The fourth-order valence-corrected chi connectivity index (χ4v) is 4.32. The zero-order valence-corrected chi connectivity index (χ0v) is 16.6. The number of fused-ring (bicyclic) bond motifs is 1. The second-order valence-electron chi connectivity index (χ2n) is 6.32. The van der Waals surface area contributed by atoms with Gasteiger partial charge in [-0.1, -0.05) is 0 Å². The van der Waals surface area contributed by atoms with Crippen LogP contribution in [-0.4, -0.2) is 73.3 Å². The second kappa shape index (κ2) is 8.75. The smallest absolute Gasteiger partial charge is 0.261 e. The van der Waals surface area contributed by atoms with Crippen LogP contribution in [0.15, 0.2) is 6.33 Å². The van der Waals surface area contributed by atoms with E-state index in [1.54, 1.807) is 6.33 Å². The number of rotatable bonds is 7. The van der Waals surface area contributed by atoms with E-state index >= 15 is 0 Å². The Kier molecular flexibility index (Phi) is 6.39. The lowest BCUT2D eigenvalue weighted by Crippen LogP contribution is -2.41. The van der Waals surface area contributed by atoms with Crippen LogP contribution in [0.1, 0.15) is 29.1 Å². The summed E-state index contributed by atoms with van der Waals surface area (Å²) in [5.41, 5.74) is 0.969. The van der Waals surface area contributed by atoms with Crippen molar-refractivity contribution in [3.8, 4) is 0 Å². The van der Waals surface area contributed by atoms with Gasteiger partial charge >= 0.3 is 0 Å². The molecule has 1 saturated heterocycles. The number of aromatic nitrogens is 2. The molecule has 3 heterocycles. The summed E-state index contributed by atoms with van der Waals surface area (Å²) in [5.74, 6) is 0.894. The third-order valence-corrected chi connectivity index (χ3v) is 5.99. The Morgan fingerprint density at radius 3 is 2.73 bits per heavy atom. The summed E-state index contributed by atoms with van der Waals surface area (Å²) >= 11 is 1.45. The molecule has 2 aromatic rings. The lowest BCUT2D eigenvalue weighted by molar-refractivity contribution is 0.0383. The molecule has 1 amide bonds. The number of morpholine rings is 1. The molecule has 26 heavy (non-hydrogen) atoms. The van der Waals surface area contributed by atoms with Crippen LogP contribution in [0.4, 0.5) is 5.82 Å². The first-order valence-electron chi connectivity index (χ1n) is 9.23. The van der Waals surface area contributed by atoms with Gasteiger partial charge in [0.1, 0.15) is 17.0 Å². The molecule has 1 N–H and O–H groups in total. The van der Waals surface area contributed by atoms with E-state index in [0.29, 0.717) is 6.54 Å². The summed E-state index contributed by atoms with van der Waals surface area (Å²) in [6, 6.07) is 0. The first kappa shape index (κ1) is 19.0. The molecule has 0 saturated carbocycles. The van der Waals surface area contributed by atoms with Crippen LogP contribution in [0.2, 0.25) is 0 Å². The minimum atomic E-state index is -0.0238. The fourth-order valence-electron chi connectivity index (χ4n) is 3.27. The van der Waals surface area contributed by atoms with Gasteiger partial charge in [0, 0.05) is 39.3 Å². The molecule has 1 aliphatic rings. The summed E-state index contributed by atoms with van der Waals surface area (Å²) < 4.78 is 5.35. The Labute approximate surface area is 158 Å². The molecule has 0 aliphatic carbocycles. The van der Waals surface area contributed by atoms with E-state index in [0.717, 1.165) is 72.4 Å². The maximum Gasteiger partial charge on any atom is 0.261 e. The summed E-state index contributed by atoms with van der Waals surface area (Å²) in [5, 5.41) is 4.05. The van der Waals surface area contributed by atoms with Crippen LogP contribution in [-0.2, 0) is 4.74 Å². The SMILES string of the molecule is CCN(CC)c1ncnc2sc(C(=O)NCCN3CCOCC3)c(C)c12.